The molecule has 1 N–H and O–H groups in total. The normalized spacial score (nSPS) is 16.6. The van der Waals surface area contributed by atoms with Crippen LogP contribution in [0.5, 0.6) is 0 Å². The number of aromatic nitrogens is 2. The molecule has 0 radical (unpaired) electrons. The molecule has 0 aromatic carbocycles. The number of nitrogens with zero attached hydrogens (tertiary/aromatic N) is 2. The number of rotatable bonds is 9. The van der Waals surface area contributed by atoms with E-state index < -0.39 is 0 Å². The first-order valence-electron chi connectivity index (χ1n) is 8.14. The van der Waals surface area contributed by atoms with Crippen LogP contribution in [0.25, 0.3) is 0 Å². The molecule has 1 saturated carbocycles. The minimum atomic E-state index is 0.660. The zero-order valence-corrected chi connectivity index (χ0v) is 12.8. The Morgan fingerprint density at radius 3 is 2.90 bits per heavy atom. The van der Waals surface area contributed by atoms with E-state index in [1.165, 1.54) is 50.6 Å². The highest BCUT2D eigenvalue weighted by Gasteiger charge is 2.15. The lowest BCUT2D eigenvalue weighted by Crippen LogP contribution is -2.20. The van der Waals surface area contributed by atoms with E-state index in [4.69, 9.17) is 9.84 Å². The largest absolute Gasteiger partial charge is 0.383 e. The lowest BCUT2D eigenvalue weighted by Gasteiger charge is -2.21. The van der Waals surface area contributed by atoms with Crippen LogP contribution in [0.15, 0.2) is 12.3 Å². The first-order valence-corrected chi connectivity index (χ1v) is 8.14. The molecule has 114 valence electrons. The molecule has 4 heteroatoms. The van der Waals surface area contributed by atoms with Gasteiger partial charge in [0.1, 0.15) is 0 Å². The molecule has 0 aliphatic heterocycles. The molecule has 0 atom stereocenters. The van der Waals surface area contributed by atoms with E-state index in [1.807, 2.05) is 0 Å². The molecule has 1 aromatic heterocycles. The lowest BCUT2D eigenvalue weighted by atomic mass is 9.96. The number of hydrogen-bond acceptors (Lipinski definition) is 3. The molecule has 1 aliphatic carbocycles. The van der Waals surface area contributed by atoms with E-state index in [0.29, 0.717) is 6.04 Å². The smallest absolute Gasteiger partial charge is 0.0624 e. The minimum absolute atomic E-state index is 0.660. The van der Waals surface area contributed by atoms with Crippen molar-refractivity contribution in [3.63, 3.8) is 0 Å². The Kier molecular flexibility index (Phi) is 7.09. The van der Waals surface area contributed by atoms with Gasteiger partial charge in [0.25, 0.3) is 0 Å². The molecule has 4 nitrogen and oxygen atoms in total. The SMILES string of the molecule is COCCNCCCCc1ccn(C2CCCCC2)n1. The summed E-state index contributed by atoms with van der Waals surface area (Å²) in [6.45, 7) is 2.82. The van der Waals surface area contributed by atoms with E-state index in [-0.39, 0.29) is 0 Å². The van der Waals surface area contributed by atoms with Gasteiger partial charge in [-0.25, -0.2) is 0 Å². The number of ether oxygens (including phenoxy) is 1. The monoisotopic (exact) mass is 279 g/mol. The number of aryl methyl sites for hydroxylation is 1. The van der Waals surface area contributed by atoms with Crippen LogP contribution in [-0.4, -0.2) is 36.6 Å². The van der Waals surface area contributed by atoms with Gasteiger partial charge in [0.15, 0.2) is 0 Å². The molecule has 1 heterocycles. The maximum absolute atomic E-state index is 5.00. The predicted molar refractivity (Wildman–Crippen MR) is 82.0 cm³/mol. The zero-order chi connectivity index (χ0) is 14.0. The van der Waals surface area contributed by atoms with Gasteiger partial charge in [0.05, 0.1) is 18.3 Å². The van der Waals surface area contributed by atoms with Crippen molar-refractivity contribution in [1.29, 1.82) is 0 Å². The number of hydrogen-bond donors (Lipinski definition) is 1. The Morgan fingerprint density at radius 2 is 2.10 bits per heavy atom. The van der Waals surface area contributed by atoms with Crippen LogP contribution in [-0.2, 0) is 11.2 Å². The Morgan fingerprint density at radius 1 is 1.25 bits per heavy atom. The fourth-order valence-electron chi connectivity index (χ4n) is 2.92. The first kappa shape index (κ1) is 15.5. The van der Waals surface area contributed by atoms with Crippen LogP contribution in [0.2, 0.25) is 0 Å². The number of unbranched alkanes of at least 4 members (excludes halogenated alkanes) is 1. The van der Waals surface area contributed by atoms with E-state index in [2.05, 4.69) is 22.3 Å². The van der Waals surface area contributed by atoms with Gasteiger partial charge in [0, 0.05) is 19.9 Å². The van der Waals surface area contributed by atoms with Crippen molar-refractivity contribution < 1.29 is 4.74 Å². The quantitative estimate of drug-likeness (QED) is 0.706. The second-order valence-corrected chi connectivity index (χ2v) is 5.78. The number of methoxy groups -OCH3 is 1. The molecular weight excluding hydrogens is 250 g/mol. The molecule has 0 amide bonds. The van der Waals surface area contributed by atoms with Crippen LogP contribution < -0.4 is 5.32 Å². The molecule has 0 bridgehead atoms. The Labute approximate surface area is 122 Å². The average Bonchev–Trinajstić information content (AvgIpc) is 2.96. The van der Waals surface area contributed by atoms with Crippen molar-refractivity contribution in [3.05, 3.63) is 18.0 Å². The summed E-state index contributed by atoms with van der Waals surface area (Å²) in [5, 5.41) is 8.14. The maximum atomic E-state index is 5.00. The van der Waals surface area contributed by atoms with Crippen LogP contribution in [0.3, 0.4) is 0 Å². The molecule has 2 rings (SSSR count). The van der Waals surface area contributed by atoms with Crippen LogP contribution in [0.4, 0.5) is 0 Å². The van der Waals surface area contributed by atoms with Crippen molar-refractivity contribution in [2.45, 2.75) is 57.4 Å². The summed E-state index contributed by atoms with van der Waals surface area (Å²) in [4.78, 5) is 0. The lowest BCUT2D eigenvalue weighted by molar-refractivity contribution is 0.199. The summed E-state index contributed by atoms with van der Waals surface area (Å²) in [6.07, 6.45) is 12.5. The van der Waals surface area contributed by atoms with Gasteiger partial charge in [-0.1, -0.05) is 19.3 Å². The van der Waals surface area contributed by atoms with Crippen molar-refractivity contribution in [2.75, 3.05) is 26.8 Å². The third-order valence-electron chi connectivity index (χ3n) is 4.13. The van der Waals surface area contributed by atoms with Crippen LogP contribution >= 0.6 is 0 Å². The van der Waals surface area contributed by atoms with Gasteiger partial charge in [-0.3, -0.25) is 4.68 Å². The summed E-state index contributed by atoms with van der Waals surface area (Å²) in [6, 6.07) is 2.86. The fourth-order valence-corrected chi connectivity index (χ4v) is 2.92. The molecule has 0 saturated heterocycles. The molecular formula is C16H29N3O. The summed E-state index contributed by atoms with van der Waals surface area (Å²) < 4.78 is 7.22. The number of nitrogens with one attached hydrogen (secondary N) is 1. The Balaban J connectivity index is 1.60. The van der Waals surface area contributed by atoms with Gasteiger partial charge in [-0.05, 0) is 44.7 Å². The highest BCUT2D eigenvalue weighted by Crippen LogP contribution is 2.27. The second-order valence-electron chi connectivity index (χ2n) is 5.78. The molecule has 0 spiro atoms. The fraction of sp³-hybridized carbons (Fsp3) is 0.812. The van der Waals surface area contributed by atoms with Gasteiger partial charge in [-0.15, -0.1) is 0 Å². The van der Waals surface area contributed by atoms with E-state index in [1.54, 1.807) is 7.11 Å². The first-order chi connectivity index (χ1) is 9.90. The summed E-state index contributed by atoms with van der Waals surface area (Å²) in [7, 11) is 1.74. The molecule has 1 fully saturated rings. The predicted octanol–water partition coefficient (Wildman–Crippen LogP) is 2.95. The van der Waals surface area contributed by atoms with Gasteiger partial charge >= 0.3 is 0 Å². The van der Waals surface area contributed by atoms with Crippen molar-refractivity contribution in [1.82, 2.24) is 15.1 Å². The molecule has 20 heavy (non-hydrogen) atoms. The van der Waals surface area contributed by atoms with Crippen molar-refractivity contribution >= 4 is 0 Å². The standard InChI is InChI=1S/C16H29N3O/c1-20-14-12-17-11-6-5-7-15-10-13-19(18-15)16-8-3-2-4-9-16/h10,13,16-17H,2-9,11-12,14H2,1H3. The zero-order valence-electron chi connectivity index (χ0n) is 12.8. The van der Waals surface area contributed by atoms with Crippen LogP contribution in [0.1, 0.15) is 56.7 Å². The van der Waals surface area contributed by atoms with Crippen LogP contribution in [0, 0.1) is 0 Å². The minimum Gasteiger partial charge on any atom is -0.383 e. The van der Waals surface area contributed by atoms with E-state index >= 15 is 0 Å². The second kappa shape index (κ2) is 9.14. The van der Waals surface area contributed by atoms with E-state index in [0.717, 1.165) is 26.1 Å². The molecule has 1 aliphatic rings. The Hall–Kier alpha value is -0.870. The average molecular weight is 279 g/mol. The summed E-state index contributed by atoms with van der Waals surface area (Å²) >= 11 is 0. The maximum Gasteiger partial charge on any atom is 0.0624 e. The topological polar surface area (TPSA) is 39.1 Å². The highest BCUT2D eigenvalue weighted by molar-refractivity contribution is 5.00. The summed E-state index contributed by atoms with van der Waals surface area (Å²) in [5.41, 5.74) is 1.26. The summed E-state index contributed by atoms with van der Waals surface area (Å²) in [5.74, 6) is 0. The molecule has 0 unspecified atom stereocenters. The third-order valence-corrected chi connectivity index (χ3v) is 4.13. The van der Waals surface area contributed by atoms with Gasteiger partial charge < -0.3 is 10.1 Å². The molecule has 1 aromatic rings. The van der Waals surface area contributed by atoms with Crippen molar-refractivity contribution in [3.8, 4) is 0 Å². The highest BCUT2D eigenvalue weighted by atomic mass is 16.5. The van der Waals surface area contributed by atoms with Gasteiger partial charge in [0.2, 0.25) is 0 Å². The Bertz CT molecular complexity index is 358. The third kappa shape index (κ3) is 5.25. The van der Waals surface area contributed by atoms with Gasteiger partial charge in [-0.2, -0.15) is 5.10 Å². The van der Waals surface area contributed by atoms with E-state index in [9.17, 15) is 0 Å². The van der Waals surface area contributed by atoms with Crippen molar-refractivity contribution in [2.24, 2.45) is 0 Å².